The number of aliphatic hydroxyl groups excluding tert-OH is 1. The first-order valence-electron chi connectivity index (χ1n) is 7.63. The van der Waals surface area contributed by atoms with Crippen molar-refractivity contribution in [2.75, 3.05) is 50.0 Å². The Balaban J connectivity index is 3.60. The molecule has 5 nitrogen and oxygen atoms in total. The molecule has 0 saturated carbocycles. The van der Waals surface area contributed by atoms with Crippen LogP contribution in [-0.2, 0) is 15.3 Å². The molecule has 0 spiro atoms. The van der Waals surface area contributed by atoms with Crippen LogP contribution in [0, 0.1) is 0 Å². The van der Waals surface area contributed by atoms with Gasteiger partial charge in [-0.1, -0.05) is 20.8 Å². The summed E-state index contributed by atoms with van der Waals surface area (Å²) in [5.74, 6) is -0.276. The fourth-order valence-corrected chi connectivity index (χ4v) is 3.45. The first kappa shape index (κ1) is 19.8. The van der Waals surface area contributed by atoms with E-state index in [-0.39, 0.29) is 11.2 Å². The molecule has 1 aromatic carbocycles. The molecule has 1 aromatic rings. The van der Waals surface area contributed by atoms with Crippen LogP contribution in [0.1, 0.15) is 38.0 Å². The maximum Gasteiger partial charge on any atom is 0.150 e. The summed E-state index contributed by atoms with van der Waals surface area (Å²) in [7, 11) is 4.57. The number of rotatable bonds is 5. The van der Waals surface area contributed by atoms with Crippen LogP contribution in [0.15, 0.2) is 12.1 Å². The van der Waals surface area contributed by atoms with E-state index in [0.29, 0.717) is 5.56 Å². The molecule has 0 aromatic heterocycles. The van der Waals surface area contributed by atoms with E-state index in [1.54, 1.807) is 0 Å². The van der Waals surface area contributed by atoms with E-state index in [4.69, 9.17) is 0 Å². The number of nitrogens with zero attached hydrogens (tertiary/aromatic N) is 2. The summed E-state index contributed by atoms with van der Waals surface area (Å²) in [6, 6.07) is 3.78. The maximum atomic E-state index is 11.5. The smallest absolute Gasteiger partial charge is 0.150 e. The Kier molecular flexibility index (Phi) is 5.75. The molecule has 0 radical (unpaired) electrons. The molecule has 0 saturated heterocycles. The van der Waals surface area contributed by atoms with Crippen molar-refractivity contribution in [3.63, 3.8) is 0 Å². The molecule has 23 heavy (non-hydrogen) atoms. The van der Waals surface area contributed by atoms with E-state index in [1.807, 2.05) is 50.1 Å². The molecule has 0 fully saturated rings. The highest BCUT2D eigenvalue weighted by Crippen LogP contribution is 2.40. The number of hydrogen-bond donors (Lipinski definition) is 1. The SMILES string of the molecule is CN(C)c1cc(C(O)CS(C)(=O)=O)cc(N(C)C)c1C(C)(C)C. The topological polar surface area (TPSA) is 60.9 Å². The normalized spacial score (nSPS) is 13.8. The van der Waals surface area contributed by atoms with Gasteiger partial charge in [0.05, 0.1) is 11.9 Å². The van der Waals surface area contributed by atoms with Gasteiger partial charge in [0.1, 0.15) is 9.84 Å². The van der Waals surface area contributed by atoms with Crippen LogP contribution in [0.25, 0.3) is 0 Å². The number of anilines is 2. The molecule has 0 heterocycles. The molecule has 0 aliphatic carbocycles. The van der Waals surface area contributed by atoms with Gasteiger partial charge in [0.2, 0.25) is 0 Å². The van der Waals surface area contributed by atoms with Crippen molar-refractivity contribution in [1.82, 2.24) is 0 Å². The van der Waals surface area contributed by atoms with Gasteiger partial charge >= 0.3 is 0 Å². The highest BCUT2D eigenvalue weighted by Gasteiger charge is 2.26. The molecule has 0 amide bonds. The van der Waals surface area contributed by atoms with Gasteiger partial charge in [-0.25, -0.2) is 8.42 Å². The zero-order valence-electron chi connectivity index (χ0n) is 15.5. The Morgan fingerprint density at radius 3 is 1.70 bits per heavy atom. The van der Waals surface area contributed by atoms with Crippen LogP contribution in [0.3, 0.4) is 0 Å². The zero-order valence-corrected chi connectivity index (χ0v) is 16.3. The number of aliphatic hydroxyl groups is 1. The van der Waals surface area contributed by atoms with E-state index >= 15 is 0 Å². The Morgan fingerprint density at radius 2 is 1.43 bits per heavy atom. The second kappa shape index (κ2) is 6.69. The fourth-order valence-electron chi connectivity index (χ4n) is 2.68. The molecule has 132 valence electrons. The van der Waals surface area contributed by atoms with Crippen LogP contribution in [0.5, 0.6) is 0 Å². The van der Waals surface area contributed by atoms with E-state index in [2.05, 4.69) is 20.8 Å². The summed E-state index contributed by atoms with van der Waals surface area (Å²) in [6.07, 6.45) is 0.107. The second-order valence-corrected chi connectivity index (χ2v) is 9.77. The summed E-state index contributed by atoms with van der Waals surface area (Å²) in [5.41, 5.74) is 3.69. The summed E-state index contributed by atoms with van der Waals surface area (Å²) in [4.78, 5) is 4.01. The monoisotopic (exact) mass is 342 g/mol. The predicted octanol–water partition coefficient (Wildman–Crippen LogP) is 2.19. The molecule has 1 rings (SSSR count). The largest absolute Gasteiger partial charge is 0.387 e. The maximum absolute atomic E-state index is 11.5. The molecule has 1 atom stereocenters. The lowest BCUT2D eigenvalue weighted by molar-refractivity contribution is 0.202. The van der Waals surface area contributed by atoms with Crippen molar-refractivity contribution in [3.05, 3.63) is 23.3 Å². The average molecular weight is 343 g/mol. The summed E-state index contributed by atoms with van der Waals surface area (Å²) < 4.78 is 23.0. The Labute approximate surface area is 140 Å². The lowest BCUT2D eigenvalue weighted by Gasteiger charge is -2.33. The minimum absolute atomic E-state index is 0.0838. The molecule has 0 aliphatic heterocycles. The van der Waals surface area contributed by atoms with E-state index < -0.39 is 15.9 Å². The third-order valence-electron chi connectivity index (χ3n) is 3.68. The highest BCUT2D eigenvalue weighted by molar-refractivity contribution is 7.90. The van der Waals surface area contributed by atoms with Crippen LogP contribution in [0.2, 0.25) is 0 Å². The lowest BCUT2D eigenvalue weighted by atomic mass is 9.82. The average Bonchev–Trinajstić information content (AvgIpc) is 2.33. The van der Waals surface area contributed by atoms with E-state index in [9.17, 15) is 13.5 Å². The molecule has 0 aliphatic rings. The Hall–Kier alpha value is -1.27. The minimum Gasteiger partial charge on any atom is -0.387 e. The van der Waals surface area contributed by atoms with Gasteiger partial charge in [-0.15, -0.1) is 0 Å². The Morgan fingerprint density at radius 1 is 1.04 bits per heavy atom. The molecule has 1 unspecified atom stereocenters. The van der Waals surface area contributed by atoms with Gasteiger partial charge in [0, 0.05) is 51.4 Å². The first-order chi connectivity index (χ1) is 10.2. The molecular formula is C17H30N2O3S. The van der Waals surface area contributed by atoms with Crippen molar-refractivity contribution in [3.8, 4) is 0 Å². The number of sulfone groups is 1. The third-order valence-corrected chi connectivity index (χ3v) is 4.60. The van der Waals surface area contributed by atoms with E-state index in [1.165, 1.54) is 5.56 Å². The summed E-state index contributed by atoms with van der Waals surface area (Å²) >= 11 is 0. The van der Waals surface area contributed by atoms with E-state index in [0.717, 1.165) is 17.6 Å². The van der Waals surface area contributed by atoms with Gasteiger partial charge in [0.25, 0.3) is 0 Å². The predicted molar refractivity (Wildman–Crippen MR) is 98.5 cm³/mol. The standard InChI is InChI=1S/C17H30N2O3S/c1-17(2,3)16-13(18(4)5)9-12(10-14(16)19(6)7)15(20)11-23(8,21)22/h9-10,15,20H,11H2,1-8H3. The minimum atomic E-state index is -3.25. The summed E-state index contributed by atoms with van der Waals surface area (Å²) in [6.45, 7) is 6.44. The lowest BCUT2D eigenvalue weighted by Crippen LogP contribution is -2.25. The molecular weight excluding hydrogens is 312 g/mol. The number of benzene rings is 1. The van der Waals surface area contributed by atoms with Crippen LogP contribution < -0.4 is 9.80 Å². The van der Waals surface area contributed by atoms with Crippen molar-refractivity contribution >= 4 is 21.2 Å². The van der Waals surface area contributed by atoms with Crippen LogP contribution >= 0.6 is 0 Å². The Bertz CT molecular complexity index is 630. The van der Waals surface area contributed by atoms with Gasteiger partial charge in [-0.05, 0) is 23.1 Å². The third kappa shape index (κ3) is 5.11. The zero-order chi connectivity index (χ0) is 18.2. The molecule has 1 N–H and O–H groups in total. The second-order valence-electron chi connectivity index (χ2n) is 7.58. The van der Waals surface area contributed by atoms with Gasteiger partial charge < -0.3 is 14.9 Å². The first-order valence-corrected chi connectivity index (χ1v) is 9.69. The van der Waals surface area contributed by atoms with Crippen molar-refractivity contribution in [1.29, 1.82) is 0 Å². The molecule has 6 heteroatoms. The van der Waals surface area contributed by atoms with Crippen molar-refractivity contribution in [2.45, 2.75) is 32.3 Å². The summed E-state index contributed by atoms with van der Waals surface area (Å²) in [5, 5.41) is 10.3. The molecule has 0 bridgehead atoms. The van der Waals surface area contributed by atoms with Crippen molar-refractivity contribution in [2.24, 2.45) is 0 Å². The van der Waals surface area contributed by atoms with Crippen LogP contribution in [0.4, 0.5) is 11.4 Å². The quantitative estimate of drug-likeness (QED) is 0.889. The van der Waals surface area contributed by atoms with Crippen LogP contribution in [-0.4, -0.2) is 53.7 Å². The van der Waals surface area contributed by atoms with Crippen molar-refractivity contribution < 1.29 is 13.5 Å². The van der Waals surface area contributed by atoms with Gasteiger partial charge in [-0.2, -0.15) is 0 Å². The fraction of sp³-hybridized carbons (Fsp3) is 0.647. The van der Waals surface area contributed by atoms with Gasteiger partial charge in [-0.3, -0.25) is 0 Å². The highest BCUT2D eigenvalue weighted by atomic mass is 32.2. The number of hydrogen-bond acceptors (Lipinski definition) is 5. The van der Waals surface area contributed by atoms with Gasteiger partial charge in [0.15, 0.2) is 0 Å².